The maximum atomic E-state index is 13.3. The number of hydrogen-bond donors (Lipinski definition) is 3. The first kappa shape index (κ1) is 29.4. The van der Waals surface area contributed by atoms with Gasteiger partial charge in [0.15, 0.2) is 15.4 Å². The third kappa shape index (κ3) is 4.31. The molecule has 1 aliphatic rings. The molecule has 38 heavy (non-hydrogen) atoms. The van der Waals surface area contributed by atoms with Gasteiger partial charge in [-0.3, -0.25) is 9.59 Å². The molecular weight excluding hydrogens is 546 g/mol. The second kappa shape index (κ2) is 9.24. The number of alkyl halides is 6. The van der Waals surface area contributed by atoms with Crippen LogP contribution in [0.25, 0.3) is 0 Å². The van der Waals surface area contributed by atoms with Crippen LogP contribution in [0.5, 0.6) is 0 Å². The van der Waals surface area contributed by atoms with Gasteiger partial charge in [-0.15, -0.1) is 0 Å². The van der Waals surface area contributed by atoms with Gasteiger partial charge in [-0.2, -0.15) is 26.3 Å². The molecule has 3 rings (SSSR count). The lowest BCUT2D eigenvalue weighted by atomic mass is 9.80. The molecule has 2 aromatic rings. The number of halogens is 6. The summed E-state index contributed by atoms with van der Waals surface area (Å²) < 4.78 is 104. The molecule has 15 heteroatoms. The lowest BCUT2D eigenvalue weighted by Crippen LogP contribution is -2.56. The number of nitrogens with zero attached hydrogens (tertiary/aromatic N) is 1. The molecule has 0 spiro atoms. The van der Waals surface area contributed by atoms with Gasteiger partial charge in [0.2, 0.25) is 0 Å². The smallest absolute Gasteiger partial charge is 0.383 e. The first-order valence-electron chi connectivity index (χ1n) is 10.8. The number of nitrogens with two attached hydrogens (primary N) is 1. The summed E-state index contributed by atoms with van der Waals surface area (Å²) in [5.41, 5.74) is -3.84. The van der Waals surface area contributed by atoms with Gasteiger partial charge < -0.3 is 20.8 Å². The summed E-state index contributed by atoms with van der Waals surface area (Å²) in [6, 6.07) is 5.32. The van der Waals surface area contributed by atoms with Gasteiger partial charge >= 0.3 is 12.4 Å². The van der Waals surface area contributed by atoms with Crippen molar-refractivity contribution in [3.05, 3.63) is 64.7 Å². The lowest BCUT2D eigenvalue weighted by Gasteiger charge is -2.38. The highest BCUT2D eigenvalue weighted by molar-refractivity contribution is 7.90. The van der Waals surface area contributed by atoms with E-state index in [1.54, 1.807) is 0 Å². The molecule has 0 saturated heterocycles. The summed E-state index contributed by atoms with van der Waals surface area (Å²) >= 11 is 0. The van der Waals surface area contributed by atoms with Crippen LogP contribution < -0.4 is 5.73 Å². The highest BCUT2D eigenvalue weighted by Crippen LogP contribution is 2.51. The fourth-order valence-electron chi connectivity index (χ4n) is 4.48. The molecule has 1 heterocycles. The summed E-state index contributed by atoms with van der Waals surface area (Å²) in [5.74, 6) is -2.33. The Bertz CT molecular complexity index is 1360. The van der Waals surface area contributed by atoms with Crippen molar-refractivity contribution in [2.45, 2.75) is 54.4 Å². The number of carbonyl (C=O) groups excluding carboxylic acids is 2. The predicted molar refractivity (Wildman–Crippen MR) is 119 cm³/mol. The van der Waals surface area contributed by atoms with Crippen molar-refractivity contribution < 1.29 is 54.6 Å². The Hall–Kier alpha value is -3.17. The van der Waals surface area contributed by atoms with Crippen LogP contribution in [0.3, 0.4) is 0 Å². The topological polar surface area (TPSA) is 138 Å². The zero-order valence-electron chi connectivity index (χ0n) is 19.8. The Labute approximate surface area is 212 Å². The van der Waals surface area contributed by atoms with Crippen molar-refractivity contribution in [3.63, 3.8) is 0 Å². The van der Waals surface area contributed by atoms with Gasteiger partial charge in [0, 0.05) is 18.4 Å². The lowest BCUT2D eigenvalue weighted by molar-refractivity contribution is -0.376. The number of rotatable bonds is 6. The van der Waals surface area contributed by atoms with Crippen LogP contribution in [-0.2, 0) is 37.1 Å². The number of sulfone groups is 1. The molecular formula is C23H22F6N2O6S. The van der Waals surface area contributed by atoms with E-state index in [1.807, 2.05) is 0 Å². The van der Waals surface area contributed by atoms with Crippen LogP contribution in [0.4, 0.5) is 26.3 Å². The number of amides is 2. The molecule has 2 aromatic carbocycles. The van der Waals surface area contributed by atoms with Crippen LogP contribution in [0.15, 0.2) is 47.4 Å². The van der Waals surface area contributed by atoms with Crippen LogP contribution >= 0.6 is 0 Å². The van der Waals surface area contributed by atoms with Crippen molar-refractivity contribution >= 4 is 21.7 Å². The number of aliphatic hydroxyl groups is 2. The Kier molecular flexibility index (Phi) is 7.14. The first-order chi connectivity index (χ1) is 17.2. The zero-order chi connectivity index (χ0) is 29.1. The van der Waals surface area contributed by atoms with Gasteiger partial charge in [0.05, 0.1) is 4.90 Å². The molecule has 4 N–H and O–H groups in total. The minimum Gasteiger partial charge on any atom is -0.383 e. The van der Waals surface area contributed by atoms with Crippen molar-refractivity contribution in [2.75, 3.05) is 6.26 Å². The molecule has 2 amide bonds. The highest BCUT2D eigenvalue weighted by Gasteiger charge is 2.71. The van der Waals surface area contributed by atoms with E-state index in [2.05, 4.69) is 0 Å². The second-order valence-corrected chi connectivity index (χ2v) is 10.8. The third-order valence-corrected chi connectivity index (χ3v) is 7.57. The Balaban J connectivity index is 2.32. The molecule has 0 aliphatic carbocycles. The van der Waals surface area contributed by atoms with E-state index in [9.17, 15) is 54.6 Å². The molecule has 1 unspecified atom stereocenters. The Morgan fingerprint density at radius 1 is 1.05 bits per heavy atom. The van der Waals surface area contributed by atoms with Crippen LogP contribution in [0.2, 0.25) is 0 Å². The average molecular weight is 568 g/mol. The Morgan fingerprint density at radius 2 is 1.58 bits per heavy atom. The van der Waals surface area contributed by atoms with Crippen LogP contribution in [0.1, 0.15) is 35.6 Å². The number of fused-ring (bicyclic) bond motifs is 1. The van der Waals surface area contributed by atoms with E-state index in [1.165, 1.54) is 6.92 Å². The largest absolute Gasteiger partial charge is 0.430 e. The molecule has 2 atom stereocenters. The summed E-state index contributed by atoms with van der Waals surface area (Å²) in [4.78, 5) is 26.7. The molecule has 0 radical (unpaired) electrons. The molecule has 0 bridgehead atoms. The molecule has 0 fully saturated rings. The summed E-state index contributed by atoms with van der Waals surface area (Å²) in [7, 11) is -3.77. The van der Waals surface area contributed by atoms with Crippen molar-refractivity contribution in [1.82, 2.24) is 4.90 Å². The monoisotopic (exact) mass is 568 g/mol. The summed E-state index contributed by atoms with van der Waals surface area (Å²) in [5, 5.41) is 19.9. The number of aliphatic hydroxyl groups excluding tert-OH is 1. The molecule has 0 saturated carbocycles. The van der Waals surface area contributed by atoms with E-state index in [0.29, 0.717) is 24.3 Å². The van der Waals surface area contributed by atoms with E-state index >= 15 is 0 Å². The van der Waals surface area contributed by atoms with E-state index in [4.69, 9.17) is 5.73 Å². The summed E-state index contributed by atoms with van der Waals surface area (Å²) in [6.45, 7) is 0.970. The number of primary amides is 1. The molecule has 208 valence electrons. The van der Waals surface area contributed by atoms with Crippen LogP contribution in [0, 0.1) is 0 Å². The van der Waals surface area contributed by atoms with E-state index in [0.717, 1.165) is 29.4 Å². The quantitative estimate of drug-likeness (QED) is 0.457. The van der Waals surface area contributed by atoms with E-state index in [-0.39, 0.29) is 28.0 Å². The van der Waals surface area contributed by atoms with Crippen LogP contribution in [-0.4, -0.2) is 60.1 Å². The van der Waals surface area contributed by atoms with Gasteiger partial charge in [-0.05, 0) is 35.2 Å². The van der Waals surface area contributed by atoms with Gasteiger partial charge in [0.25, 0.3) is 17.4 Å². The van der Waals surface area contributed by atoms with Gasteiger partial charge in [-0.1, -0.05) is 37.3 Å². The van der Waals surface area contributed by atoms with Gasteiger partial charge in [-0.25, -0.2) is 8.42 Å². The number of hydrogen-bond acceptors (Lipinski definition) is 6. The fraction of sp³-hybridized carbons (Fsp3) is 0.391. The first-order valence-corrected chi connectivity index (χ1v) is 12.7. The SMILES string of the molecule is CC[C@@H](O)C(=O)N1Cc2cc(S(C)(=O)=O)ccc2C1(C(N)=O)c1ccc(C(O)(C(F)(F)F)C(F)(F)F)cc1. The number of benzene rings is 2. The number of carbonyl (C=O) groups is 2. The zero-order valence-corrected chi connectivity index (χ0v) is 20.6. The summed E-state index contributed by atoms with van der Waals surface area (Å²) in [6.07, 6.45) is -13.2. The predicted octanol–water partition coefficient (Wildman–Crippen LogP) is 2.24. The van der Waals surface area contributed by atoms with Crippen molar-refractivity contribution in [1.29, 1.82) is 0 Å². The minimum atomic E-state index is -6.16. The van der Waals surface area contributed by atoms with Crippen molar-refractivity contribution in [3.8, 4) is 0 Å². The molecule has 8 nitrogen and oxygen atoms in total. The third-order valence-electron chi connectivity index (χ3n) is 6.46. The fourth-order valence-corrected chi connectivity index (χ4v) is 5.15. The molecule has 0 aromatic heterocycles. The molecule has 1 aliphatic heterocycles. The maximum absolute atomic E-state index is 13.3. The Morgan fingerprint density at radius 3 is 2.00 bits per heavy atom. The average Bonchev–Trinajstić information content (AvgIpc) is 3.16. The maximum Gasteiger partial charge on any atom is 0.430 e. The second-order valence-electron chi connectivity index (χ2n) is 8.80. The minimum absolute atomic E-state index is 0.0660. The normalized spacial score (nSPS) is 19.3. The van der Waals surface area contributed by atoms with Gasteiger partial charge in [0.1, 0.15) is 6.10 Å². The van der Waals surface area contributed by atoms with E-state index < -0.39 is 63.4 Å². The van der Waals surface area contributed by atoms with Crippen molar-refractivity contribution in [2.24, 2.45) is 5.73 Å². The standard InChI is InChI=1S/C23H22F6N2O6S/c1-3-17(32)18(33)31-11-12-10-15(38(2,36)37)8-9-16(12)20(31,19(30)34)13-4-6-14(7-5-13)21(35,22(24,25)26)23(27,28)29/h4-10,17,32,35H,3,11H2,1-2H3,(H2,30,34)/t17-,20?/m1/s1. The highest BCUT2D eigenvalue weighted by atomic mass is 32.2.